The molecule has 0 fully saturated rings. The summed E-state index contributed by atoms with van der Waals surface area (Å²) in [5, 5.41) is 0. The summed E-state index contributed by atoms with van der Waals surface area (Å²) < 4.78 is 1.01. The molecule has 0 saturated heterocycles. The van der Waals surface area contributed by atoms with Crippen LogP contribution in [0.4, 0.5) is 0 Å². The molecule has 0 heterocycles. The van der Waals surface area contributed by atoms with Gasteiger partial charge in [-0.2, -0.15) is 0 Å². The van der Waals surface area contributed by atoms with Crippen LogP contribution in [0.25, 0.3) is 0 Å². The lowest BCUT2D eigenvalue weighted by molar-refractivity contribution is -0.131. The van der Waals surface area contributed by atoms with E-state index in [9.17, 15) is 4.79 Å². The van der Waals surface area contributed by atoms with Gasteiger partial charge in [-0.25, -0.2) is 0 Å². The Hall–Kier alpha value is -0.580. The molecule has 2 N–H and O–H groups in total. The zero-order valence-corrected chi connectivity index (χ0v) is 11.7. The van der Waals surface area contributed by atoms with Crippen molar-refractivity contribution in [2.45, 2.75) is 19.5 Å². The molecule has 1 unspecified atom stereocenters. The van der Waals surface area contributed by atoms with Gasteiger partial charge in [0.05, 0.1) is 6.04 Å². The first-order chi connectivity index (χ1) is 7.02. The van der Waals surface area contributed by atoms with E-state index in [1.165, 1.54) is 0 Å². The second-order valence-electron chi connectivity index (χ2n) is 3.57. The molecule has 0 aliphatic carbocycles. The minimum Gasteiger partial charge on any atom is -0.340 e. The Balaban J connectivity index is 0.00000225. The van der Waals surface area contributed by atoms with E-state index in [-0.39, 0.29) is 18.3 Å². The molecule has 1 rings (SSSR count). The van der Waals surface area contributed by atoms with Crippen LogP contribution < -0.4 is 5.73 Å². The van der Waals surface area contributed by atoms with E-state index >= 15 is 0 Å². The summed E-state index contributed by atoms with van der Waals surface area (Å²) in [5.41, 5.74) is 6.60. The molecule has 0 aromatic heterocycles. The van der Waals surface area contributed by atoms with Crippen molar-refractivity contribution < 1.29 is 4.79 Å². The fourth-order valence-corrected chi connectivity index (χ4v) is 1.72. The molecule has 5 heteroatoms. The molecule has 0 radical (unpaired) electrons. The maximum atomic E-state index is 11.5. The zero-order chi connectivity index (χ0) is 11.4. The summed E-state index contributed by atoms with van der Waals surface area (Å²) in [6.07, 6.45) is 0. The molecular weight excluding hydrogens is 291 g/mol. The summed E-state index contributed by atoms with van der Waals surface area (Å²) in [6.45, 7) is 2.26. The predicted octanol–water partition coefficient (Wildman–Crippen LogP) is 2.18. The van der Waals surface area contributed by atoms with Crippen LogP contribution in [0.2, 0.25) is 0 Å². The molecule has 90 valence electrons. The topological polar surface area (TPSA) is 46.3 Å². The first-order valence-corrected chi connectivity index (χ1v) is 5.55. The summed E-state index contributed by atoms with van der Waals surface area (Å²) >= 11 is 3.44. The molecule has 3 nitrogen and oxygen atoms in total. The van der Waals surface area contributed by atoms with Crippen molar-refractivity contribution in [3.63, 3.8) is 0 Å². The largest absolute Gasteiger partial charge is 0.340 e. The van der Waals surface area contributed by atoms with E-state index in [4.69, 9.17) is 5.73 Å². The Morgan fingerprint density at radius 1 is 1.50 bits per heavy atom. The molecule has 0 aliphatic rings. The number of nitrogens with zero attached hydrogens (tertiary/aromatic N) is 1. The number of benzene rings is 1. The second-order valence-corrected chi connectivity index (χ2v) is 4.43. The highest BCUT2D eigenvalue weighted by molar-refractivity contribution is 9.10. The highest BCUT2D eigenvalue weighted by atomic mass is 79.9. The lowest BCUT2D eigenvalue weighted by Gasteiger charge is -2.19. The molecule has 1 amide bonds. The lowest BCUT2D eigenvalue weighted by atomic mass is 10.2. The van der Waals surface area contributed by atoms with Crippen molar-refractivity contribution >= 4 is 34.2 Å². The van der Waals surface area contributed by atoms with Crippen LogP contribution in [0.3, 0.4) is 0 Å². The average molecular weight is 308 g/mol. The zero-order valence-electron chi connectivity index (χ0n) is 9.31. The monoisotopic (exact) mass is 306 g/mol. The maximum Gasteiger partial charge on any atom is 0.239 e. The number of nitrogens with two attached hydrogens (primary N) is 1. The summed E-state index contributed by atoms with van der Waals surface area (Å²) in [6, 6.07) is 7.39. The highest BCUT2D eigenvalue weighted by Gasteiger charge is 2.14. The number of rotatable bonds is 3. The van der Waals surface area contributed by atoms with E-state index in [0.29, 0.717) is 6.54 Å². The Labute approximate surface area is 111 Å². The van der Waals surface area contributed by atoms with Crippen LogP contribution >= 0.6 is 28.3 Å². The minimum absolute atomic E-state index is 0. The normalized spacial score (nSPS) is 11.5. The number of likely N-dealkylation sites (N-methyl/N-ethyl adjacent to an activating group) is 1. The van der Waals surface area contributed by atoms with Gasteiger partial charge in [-0.15, -0.1) is 12.4 Å². The van der Waals surface area contributed by atoms with Gasteiger partial charge in [0.25, 0.3) is 0 Å². The number of hydrogen-bond donors (Lipinski definition) is 1. The van der Waals surface area contributed by atoms with E-state index in [0.717, 1.165) is 10.0 Å². The van der Waals surface area contributed by atoms with Crippen molar-refractivity contribution in [3.8, 4) is 0 Å². The quantitative estimate of drug-likeness (QED) is 0.930. The number of hydrogen-bond acceptors (Lipinski definition) is 2. The van der Waals surface area contributed by atoms with Crippen LogP contribution in [-0.2, 0) is 11.3 Å². The van der Waals surface area contributed by atoms with Gasteiger partial charge in [0.2, 0.25) is 5.91 Å². The number of carbonyl (C=O) groups excluding carboxylic acids is 1. The summed E-state index contributed by atoms with van der Waals surface area (Å²) in [5.74, 6) is -0.0502. The Morgan fingerprint density at radius 2 is 2.06 bits per heavy atom. The Bertz CT molecular complexity index is 358. The average Bonchev–Trinajstić information content (AvgIpc) is 2.20. The molecule has 1 aromatic carbocycles. The van der Waals surface area contributed by atoms with Gasteiger partial charge in [-0.05, 0) is 18.6 Å². The second kappa shape index (κ2) is 6.89. The standard InChI is InChI=1S/C11H15BrN2O.ClH/c1-8(13)11(15)14(2)7-9-5-3-4-6-10(9)12;/h3-6,8H,7,13H2,1-2H3;1H. The smallest absolute Gasteiger partial charge is 0.239 e. The first kappa shape index (κ1) is 15.4. The summed E-state index contributed by atoms with van der Waals surface area (Å²) in [7, 11) is 1.76. The molecule has 1 aromatic rings. The van der Waals surface area contributed by atoms with Crippen LogP contribution in [0.1, 0.15) is 12.5 Å². The molecule has 0 spiro atoms. The van der Waals surface area contributed by atoms with Gasteiger partial charge < -0.3 is 10.6 Å². The van der Waals surface area contributed by atoms with Gasteiger partial charge in [0.1, 0.15) is 0 Å². The third-order valence-corrected chi connectivity index (χ3v) is 2.90. The van der Waals surface area contributed by atoms with E-state index in [1.54, 1.807) is 18.9 Å². The highest BCUT2D eigenvalue weighted by Crippen LogP contribution is 2.17. The minimum atomic E-state index is -0.447. The molecule has 0 aliphatic heterocycles. The fraction of sp³-hybridized carbons (Fsp3) is 0.364. The van der Waals surface area contributed by atoms with Gasteiger partial charge >= 0.3 is 0 Å². The predicted molar refractivity (Wildman–Crippen MR) is 71.5 cm³/mol. The lowest BCUT2D eigenvalue weighted by Crippen LogP contribution is -2.39. The Morgan fingerprint density at radius 3 is 2.56 bits per heavy atom. The van der Waals surface area contributed by atoms with Gasteiger partial charge in [-0.1, -0.05) is 34.1 Å². The Kier molecular flexibility index (Phi) is 6.64. The van der Waals surface area contributed by atoms with Crippen molar-refractivity contribution in [3.05, 3.63) is 34.3 Å². The van der Waals surface area contributed by atoms with Gasteiger partial charge in [0.15, 0.2) is 0 Å². The number of amides is 1. The molecule has 16 heavy (non-hydrogen) atoms. The van der Waals surface area contributed by atoms with E-state index in [2.05, 4.69) is 15.9 Å². The van der Waals surface area contributed by atoms with Crippen molar-refractivity contribution in [2.24, 2.45) is 5.73 Å². The molecule has 0 saturated carbocycles. The first-order valence-electron chi connectivity index (χ1n) is 4.76. The number of carbonyl (C=O) groups is 1. The van der Waals surface area contributed by atoms with Crippen LogP contribution in [0, 0.1) is 0 Å². The van der Waals surface area contributed by atoms with E-state index < -0.39 is 6.04 Å². The SMILES string of the molecule is CC(N)C(=O)N(C)Cc1ccccc1Br.Cl. The van der Waals surface area contributed by atoms with Crippen molar-refractivity contribution in [2.75, 3.05) is 7.05 Å². The van der Waals surface area contributed by atoms with Crippen LogP contribution in [0.5, 0.6) is 0 Å². The number of halogens is 2. The fourth-order valence-electron chi connectivity index (χ4n) is 1.31. The molecule has 1 atom stereocenters. The molecule has 0 bridgehead atoms. The van der Waals surface area contributed by atoms with Crippen LogP contribution in [-0.4, -0.2) is 23.9 Å². The van der Waals surface area contributed by atoms with Gasteiger partial charge in [-0.3, -0.25) is 4.79 Å². The van der Waals surface area contributed by atoms with Crippen LogP contribution in [0.15, 0.2) is 28.7 Å². The third kappa shape index (κ3) is 4.12. The van der Waals surface area contributed by atoms with Crippen molar-refractivity contribution in [1.82, 2.24) is 4.90 Å². The maximum absolute atomic E-state index is 11.5. The van der Waals surface area contributed by atoms with Crippen molar-refractivity contribution in [1.29, 1.82) is 0 Å². The molecular formula is C11H16BrClN2O. The third-order valence-electron chi connectivity index (χ3n) is 2.13. The van der Waals surface area contributed by atoms with E-state index in [1.807, 2.05) is 24.3 Å². The summed E-state index contributed by atoms with van der Waals surface area (Å²) in [4.78, 5) is 13.2. The van der Waals surface area contributed by atoms with Gasteiger partial charge in [0, 0.05) is 18.1 Å².